The molecule has 0 spiro atoms. The number of halogens is 2. The molecule has 10 heteroatoms. The van der Waals surface area contributed by atoms with E-state index in [1.54, 1.807) is 35.1 Å². The summed E-state index contributed by atoms with van der Waals surface area (Å²) in [4.78, 5) is 14.4. The van der Waals surface area contributed by atoms with E-state index < -0.39 is 0 Å². The van der Waals surface area contributed by atoms with E-state index in [0.717, 1.165) is 32.6 Å². The quantitative estimate of drug-likeness (QED) is 0.523. The van der Waals surface area contributed by atoms with Gasteiger partial charge in [0, 0.05) is 19.8 Å². The van der Waals surface area contributed by atoms with Crippen LogP contribution in [0.1, 0.15) is 34.5 Å². The van der Waals surface area contributed by atoms with Gasteiger partial charge in [0.2, 0.25) is 0 Å². The van der Waals surface area contributed by atoms with Crippen molar-refractivity contribution < 1.29 is 4.79 Å². The molecule has 3 aromatic heterocycles. The van der Waals surface area contributed by atoms with Crippen LogP contribution in [0.3, 0.4) is 0 Å². The van der Waals surface area contributed by atoms with Gasteiger partial charge in [-0.1, -0.05) is 0 Å². The van der Waals surface area contributed by atoms with E-state index in [1.807, 2.05) is 30.1 Å². The third-order valence-electron chi connectivity index (χ3n) is 4.36. The smallest absolute Gasteiger partial charge is 0.274 e. The maximum atomic E-state index is 12.7. The van der Waals surface area contributed by atoms with E-state index in [4.69, 9.17) is 0 Å². The molecule has 0 atom stereocenters. The largest absolute Gasteiger partial charge is 0.334 e. The predicted octanol–water partition coefficient (Wildman–Crippen LogP) is 3.22. The van der Waals surface area contributed by atoms with Crippen LogP contribution < -0.4 is 0 Å². The zero-order valence-electron chi connectivity index (χ0n) is 15.6. The Morgan fingerprint density at radius 1 is 1.22 bits per heavy atom. The molecule has 1 amide bonds. The van der Waals surface area contributed by atoms with E-state index in [2.05, 4.69) is 47.2 Å². The van der Waals surface area contributed by atoms with Crippen molar-refractivity contribution in [1.82, 2.24) is 34.2 Å². The highest BCUT2D eigenvalue weighted by molar-refractivity contribution is 9.10. The number of carbonyl (C=O) groups excluding carboxylic acids is 1. The number of carbonyl (C=O) groups is 1. The highest BCUT2D eigenvalue weighted by Gasteiger charge is 2.19. The van der Waals surface area contributed by atoms with Crippen LogP contribution >= 0.6 is 31.9 Å². The van der Waals surface area contributed by atoms with E-state index >= 15 is 0 Å². The Kier molecular flexibility index (Phi) is 5.85. The van der Waals surface area contributed by atoms with Crippen LogP contribution in [0.4, 0.5) is 0 Å². The van der Waals surface area contributed by atoms with Gasteiger partial charge in [-0.05, 0) is 58.7 Å². The third kappa shape index (κ3) is 4.01. The summed E-state index contributed by atoms with van der Waals surface area (Å²) in [6.45, 7) is 7.59. The van der Waals surface area contributed by atoms with Crippen LogP contribution in [0.15, 0.2) is 27.4 Å². The Morgan fingerprint density at radius 2 is 1.96 bits per heavy atom. The highest BCUT2D eigenvalue weighted by atomic mass is 79.9. The van der Waals surface area contributed by atoms with Crippen LogP contribution in [0.5, 0.6) is 0 Å². The third-order valence-corrected chi connectivity index (χ3v) is 6.17. The number of aryl methyl sites for hydroxylation is 2. The average Bonchev–Trinajstić information content (AvgIpc) is 3.31. The van der Waals surface area contributed by atoms with Crippen LogP contribution in [-0.2, 0) is 19.8 Å². The van der Waals surface area contributed by atoms with Gasteiger partial charge in [-0.2, -0.15) is 15.3 Å². The van der Waals surface area contributed by atoms with E-state index in [0.29, 0.717) is 18.9 Å². The van der Waals surface area contributed by atoms with Crippen LogP contribution in [0.25, 0.3) is 0 Å². The molecule has 0 saturated carbocycles. The molecule has 0 aliphatic carbocycles. The van der Waals surface area contributed by atoms with Crippen molar-refractivity contribution in [2.45, 2.75) is 40.5 Å². The van der Waals surface area contributed by atoms with Gasteiger partial charge in [0.05, 0.1) is 38.8 Å². The molecule has 0 bridgehead atoms. The van der Waals surface area contributed by atoms with Crippen molar-refractivity contribution in [1.29, 1.82) is 0 Å². The molecule has 27 heavy (non-hydrogen) atoms. The lowest BCUT2D eigenvalue weighted by Crippen LogP contribution is -2.28. The summed E-state index contributed by atoms with van der Waals surface area (Å²) < 4.78 is 7.31. The van der Waals surface area contributed by atoms with Gasteiger partial charge in [0.1, 0.15) is 12.4 Å². The van der Waals surface area contributed by atoms with Gasteiger partial charge in [-0.15, -0.1) is 0 Å². The average molecular weight is 499 g/mol. The van der Waals surface area contributed by atoms with Crippen LogP contribution in [0, 0.1) is 13.8 Å². The number of nitrogens with zero attached hydrogens (tertiary/aromatic N) is 7. The first-order valence-corrected chi connectivity index (χ1v) is 10.1. The number of aromatic nitrogens is 6. The molecule has 0 fully saturated rings. The Bertz CT molecular complexity index is 972. The summed E-state index contributed by atoms with van der Waals surface area (Å²) >= 11 is 7.01. The molecule has 0 aliphatic rings. The van der Waals surface area contributed by atoms with Crippen molar-refractivity contribution in [3.8, 4) is 0 Å². The summed E-state index contributed by atoms with van der Waals surface area (Å²) in [7, 11) is 1.76. The standard InChI is InChI=1S/C17H21Br2N7O/c1-5-25-15(13(18)8-20-25)9-23(4)17(27)14-6-7-24(22-14)10-26-12(3)16(19)11(2)21-26/h6-8H,5,9-10H2,1-4H3. The molecule has 8 nitrogen and oxygen atoms in total. The number of hydrogen-bond acceptors (Lipinski definition) is 4. The Labute approximate surface area is 174 Å². The fraction of sp³-hybridized carbons (Fsp3) is 0.412. The lowest BCUT2D eigenvalue weighted by atomic mass is 10.3. The van der Waals surface area contributed by atoms with E-state index in [1.165, 1.54) is 0 Å². The normalized spacial score (nSPS) is 11.2. The van der Waals surface area contributed by atoms with Gasteiger partial charge in [-0.25, -0.2) is 4.68 Å². The second-order valence-corrected chi connectivity index (χ2v) is 7.93. The Hall–Kier alpha value is -1.94. The van der Waals surface area contributed by atoms with Gasteiger partial charge in [0.25, 0.3) is 5.91 Å². The summed E-state index contributed by atoms with van der Waals surface area (Å²) in [6, 6.07) is 1.73. The number of hydrogen-bond donors (Lipinski definition) is 0. The molecule has 0 aromatic carbocycles. The summed E-state index contributed by atoms with van der Waals surface area (Å²) in [6.07, 6.45) is 3.54. The monoisotopic (exact) mass is 497 g/mol. The van der Waals surface area contributed by atoms with E-state index in [9.17, 15) is 4.79 Å². The minimum atomic E-state index is -0.140. The molecule has 0 aliphatic heterocycles. The maximum absolute atomic E-state index is 12.7. The Morgan fingerprint density at radius 3 is 2.59 bits per heavy atom. The molecule has 144 valence electrons. The number of rotatable bonds is 6. The maximum Gasteiger partial charge on any atom is 0.274 e. The van der Waals surface area contributed by atoms with Crippen molar-refractivity contribution >= 4 is 37.8 Å². The van der Waals surface area contributed by atoms with Crippen LogP contribution in [0.2, 0.25) is 0 Å². The topological polar surface area (TPSA) is 73.8 Å². The van der Waals surface area contributed by atoms with Crippen molar-refractivity contribution in [2.24, 2.45) is 0 Å². The minimum absolute atomic E-state index is 0.140. The molecular formula is C17H21Br2N7O. The Balaban J connectivity index is 1.72. The first-order chi connectivity index (χ1) is 12.8. The predicted molar refractivity (Wildman–Crippen MR) is 108 cm³/mol. The van der Waals surface area contributed by atoms with E-state index in [-0.39, 0.29) is 5.91 Å². The molecule has 0 N–H and O–H groups in total. The first-order valence-electron chi connectivity index (χ1n) is 8.50. The molecular weight excluding hydrogens is 478 g/mol. The van der Waals surface area contributed by atoms with Crippen molar-refractivity contribution in [3.05, 3.63) is 50.2 Å². The van der Waals surface area contributed by atoms with Gasteiger partial charge in [0.15, 0.2) is 0 Å². The van der Waals surface area contributed by atoms with Gasteiger partial charge in [-0.3, -0.25) is 14.2 Å². The second-order valence-electron chi connectivity index (χ2n) is 6.28. The lowest BCUT2D eigenvalue weighted by molar-refractivity contribution is 0.0774. The first kappa shape index (κ1) is 19.8. The van der Waals surface area contributed by atoms with Crippen molar-refractivity contribution in [3.63, 3.8) is 0 Å². The molecule has 0 unspecified atom stereocenters. The van der Waals surface area contributed by atoms with Crippen LogP contribution in [-0.4, -0.2) is 47.2 Å². The molecule has 3 heterocycles. The molecule has 0 saturated heterocycles. The van der Waals surface area contributed by atoms with Gasteiger partial charge < -0.3 is 4.90 Å². The lowest BCUT2D eigenvalue weighted by Gasteiger charge is -2.17. The highest BCUT2D eigenvalue weighted by Crippen LogP contribution is 2.20. The number of amides is 1. The van der Waals surface area contributed by atoms with Crippen molar-refractivity contribution in [2.75, 3.05) is 7.05 Å². The second kappa shape index (κ2) is 7.97. The molecule has 3 rings (SSSR count). The van der Waals surface area contributed by atoms with Gasteiger partial charge >= 0.3 is 0 Å². The summed E-state index contributed by atoms with van der Waals surface area (Å²) in [5.41, 5.74) is 3.30. The molecule has 3 aromatic rings. The summed E-state index contributed by atoms with van der Waals surface area (Å²) in [5.74, 6) is -0.140. The fourth-order valence-electron chi connectivity index (χ4n) is 2.81. The fourth-order valence-corrected chi connectivity index (χ4v) is 3.52. The minimum Gasteiger partial charge on any atom is -0.334 e. The zero-order chi connectivity index (χ0) is 19.7. The SMILES string of the molecule is CCn1ncc(Br)c1CN(C)C(=O)c1ccn(Cn2nc(C)c(Br)c2C)n1. The molecule has 0 radical (unpaired) electrons. The summed E-state index contributed by atoms with van der Waals surface area (Å²) in [5, 5.41) is 13.2. The zero-order valence-corrected chi connectivity index (χ0v) is 18.8.